The van der Waals surface area contributed by atoms with Crippen LogP contribution in [0.2, 0.25) is 0 Å². The molecule has 432 valence electrons. The standard InChI is InChI=1S/C67H128O6/c1-4-7-10-13-15-17-19-21-23-25-26-27-28-29-30-31-32-33-34-35-36-37-38-39-40-41-42-44-45-47-49-51-54-57-60-66(69)72-63-64(62-71-65(68)59-56-53-12-9-6-3)73-67(70)61-58-55-52-50-48-46-43-24-22-20-18-16-14-11-8-5-2/h24,43,64H,4-23,25-42,44-63H2,1-3H3/b43-24-. The van der Waals surface area contributed by atoms with Crippen LogP contribution in [0, 0.1) is 0 Å². The number of carbonyl (C=O) groups is 3. The highest BCUT2D eigenvalue weighted by atomic mass is 16.6. The predicted octanol–water partition coefficient (Wildman–Crippen LogP) is 22.4. The molecule has 0 spiro atoms. The van der Waals surface area contributed by atoms with Crippen molar-refractivity contribution in [3.8, 4) is 0 Å². The van der Waals surface area contributed by atoms with Crippen LogP contribution in [0.25, 0.3) is 0 Å². The van der Waals surface area contributed by atoms with Crippen LogP contribution in [0.1, 0.15) is 380 Å². The van der Waals surface area contributed by atoms with E-state index in [-0.39, 0.29) is 31.1 Å². The Balaban J connectivity index is 3.84. The first kappa shape index (κ1) is 71.2. The maximum Gasteiger partial charge on any atom is 0.306 e. The topological polar surface area (TPSA) is 78.9 Å². The Bertz CT molecular complexity index is 1130. The van der Waals surface area contributed by atoms with Crippen molar-refractivity contribution in [3.63, 3.8) is 0 Å². The van der Waals surface area contributed by atoms with E-state index < -0.39 is 6.10 Å². The summed E-state index contributed by atoms with van der Waals surface area (Å²) in [6.07, 6.45) is 74.5. The molecule has 0 N–H and O–H groups in total. The zero-order valence-corrected chi connectivity index (χ0v) is 49.7. The van der Waals surface area contributed by atoms with Crippen molar-refractivity contribution in [2.75, 3.05) is 13.2 Å². The van der Waals surface area contributed by atoms with E-state index in [1.54, 1.807) is 0 Å². The second kappa shape index (κ2) is 62.7. The number of esters is 3. The summed E-state index contributed by atoms with van der Waals surface area (Å²) < 4.78 is 16.8. The molecular formula is C67H128O6. The van der Waals surface area contributed by atoms with Gasteiger partial charge in [0, 0.05) is 19.3 Å². The molecule has 0 amide bonds. The molecular weight excluding hydrogens is 901 g/mol. The summed E-state index contributed by atoms with van der Waals surface area (Å²) in [5, 5.41) is 0. The van der Waals surface area contributed by atoms with Gasteiger partial charge in [0.25, 0.3) is 0 Å². The fraction of sp³-hybridized carbons (Fsp3) is 0.925. The number of unbranched alkanes of at least 4 members (excludes halogenated alkanes) is 49. The highest BCUT2D eigenvalue weighted by Gasteiger charge is 2.19. The van der Waals surface area contributed by atoms with E-state index in [9.17, 15) is 14.4 Å². The molecule has 0 saturated carbocycles. The molecule has 0 heterocycles. The Labute approximate surface area is 456 Å². The van der Waals surface area contributed by atoms with Gasteiger partial charge in [-0.05, 0) is 44.9 Å². The third kappa shape index (κ3) is 60.9. The van der Waals surface area contributed by atoms with Gasteiger partial charge in [0.05, 0.1) is 0 Å². The lowest BCUT2D eigenvalue weighted by molar-refractivity contribution is -0.167. The van der Waals surface area contributed by atoms with Crippen molar-refractivity contribution in [3.05, 3.63) is 12.2 Å². The molecule has 0 aromatic carbocycles. The van der Waals surface area contributed by atoms with Crippen LogP contribution in [0.5, 0.6) is 0 Å². The van der Waals surface area contributed by atoms with Crippen molar-refractivity contribution < 1.29 is 28.6 Å². The van der Waals surface area contributed by atoms with Crippen LogP contribution >= 0.6 is 0 Å². The zero-order valence-electron chi connectivity index (χ0n) is 49.7. The van der Waals surface area contributed by atoms with Crippen molar-refractivity contribution >= 4 is 17.9 Å². The quantitative estimate of drug-likeness (QED) is 0.0261. The smallest absolute Gasteiger partial charge is 0.306 e. The van der Waals surface area contributed by atoms with Crippen molar-refractivity contribution in [1.29, 1.82) is 0 Å². The first-order valence-electron chi connectivity index (χ1n) is 33.2. The first-order chi connectivity index (χ1) is 36.0. The minimum atomic E-state index is -0.767. The molecule has 0 bridgehead atoms. The number of carbonyl (C=O) groups excluding carboxylic acids is 3. The maximum atomic E-state index is 12.8. The molecule has 1 atom stereocenters. The summed E-state index contributed by atoms with van der Waals surface area (Å²) in [5.74, 6) is -0.869. The number of hydrogen-bond donors (Lipinski definition) is 0. The van der Waals surface area contributed by atoms with Gasteiger partial charge in [-0.2, -0.15) is 0 Å². The Morgan fingerprint density at radius 2 is 0.452 bits per heavy atom. The Kier molecular flexibility index (Phi) is 61.1. The average molecular weight is 1030 g/mol. The normalized spacial score (nSPS) is 12.0. The highest BCUT2D eigenvalue weighted by molar-refractivity contribution is 5.71. The molecule has 0 aromatic rings. The van der Waals surface area contributed by atoms with Gasteiger partial charge in [0.15, 0.2) is 6.10 Å². The molecule has 0 aromatic heterocycles. The maximum absolute atomic E-state index is 12.8. The fourth-order valence-electron chi connectivity index (χ4n) is 10.3. The van der Waals surface area contributed by atoms with E-state index in [1.807, 2.05) is 0 Å². The fourth-order valence-corrected chi connectivity index (χ4v) is 10.3. The summed E-state index contributed by atoms with van der Waals surface area (Å²) in [5.41, 5.74) is 0. The Hall–Kier alpha value is -1.85. The van der Waals surface area contributed by atoms with Crippen LogP contribution in [0.15, 0.2) is 12.2 Å². The zero-order chi connectivity index (χ0) is 52.9. The molecule has 0 aliphatic carbocycles. The van der Waals surface area contributed by atoms with E-state index >= 15 is 0 Å². The van der Waals surface area contributed by atoms with Gasteiger partial charge >= 0.3 is 17.9 Å². The first-order valence-corrected chi connectivity index (χ1v) is 33.2. The van der Waals surface area contributed by atoms with Gasteiger partial charge in [0.2, 0.25) is 0 Å². The van der Waals surface area contributed by atoms with E-state index in [0.29, 0.717) is 19.3 Å². The number of hydrogen-bond acceptors (Lipinski definition) is 6. The molecule has 6 nitrogen and oxygen atoms in total. The van der Waals surface area contributed by atoms with E-state index in [1.165, 1.54) is 270 Å². The SMILES string of the molecule is CCCCCCCCC/C=C\CCCCCCCC(=O)OC(COC(=O)CCCCCCC)COC(=O)CCCCCCCCCCCCCCCCCCCCCCCCCCCCCCCCCCCC. The summed E-state index contributed by atoms with van der Waals surface area (Å²) in [6, 6.07) is 0. The lowest BCUT2D eigenvalue weighted by atomic mass is 10.0. The van der Waals surface area contributed by atoms with E-state index in [2.05, 4.69) is 32.9 Å². The molecule has 0 rings (SSSR count). The molecule has 0 fully saturated rings. The number of allylic oxidation sites excluding steroid dienone is 2. The molecule has 1 unspecified atom stereocenters. The molecule has 0 radical (unpaired) electrons. The molecule has 73 heavy (non-hydrogen) atoms. The summed E-state index contributed by atoms with van der Waals surface area (Å²) >= 11 is 0. The van der Waals surface area contributed by atoms with Crippen molar-refractivity contribution in [2.24, 2.45) is 0 Å². The largest absolute Gasteiger partial charge is 0.462 e. The van der Waals surface area contributed by atoms with Gasteiger partial charge in [-0.25, -0.2) is 0 Å². The van der Waals surface area contributed by atoms with Crippen LogP contribution in [0.4, 0.5) is 0 Å². The van der Waals surface area contributed by atoms with E-state index in [4.69, 9.17) is 14.2 Å². The highest BCUT2D eigenvalue weighted by Crippen LogP contribution is 2.19. The van der Waals surface area contributed by atoms with Crippen molar-refractivity contribution in [1.82, 2.24) is 0 Å². The minimum absolute atomic E-state index is 0.0689. The second-order valence-corrected chi connectivity index (χ2v) is 22.7. The van der Waals surface area contributed by atoms with Crippen LogP contribution in [-0.2, 0) is 28.6 Å². The summed E-state index contributed by atoms with van der Waals surface area (Å²) in [4.78, 5) is 37.8. The van der Waals surface area contributed by atoms with Crippen LogP contribution < -0.4 is 0 Å². The lowest BCUT2D eigenvalue weighted by Gasteiger charge is -2.18. The van der Waals surface area contributed by atoms with Gasteiger partial charge < -0.3 is 14.2 Å². The average Bonchev–Trinajstić information content (AvgIpc) is 3.39. The minimum Gasteiger partial charge on any atom is -0.462 e. The van der Waals surface area contributed by atoms with Crippen molar-refractivity contribution in [2.45, 2.75) is 386 Å². The third-order valence-electron chi connectivity index (χ3n) is 15.3. The lowest BCUT2D eigenvalue weighted by Crippen LogP contribution is -2.30. The summed E-state index contributed by atoms with van der Waals surface area (Å²) in [7, 11) is 0. The molecule has 6 heteroatoms. The molecule has 0 saturated heterocycles. The monoisotopic (exact) mass is 1030 g/mol. The predicted molar refractivity (Wildman–Crippen MR) is 317 cm³/mol. The second-order valence-electron chi connectivity index (χ2n) is 22.7. The number of rotatable bonds is 62. The van der Waals surface area contributed by atoms with Gasteiger partial charge in [0.1, 0.15) is 13.2 Å². The van der Waals surface area contributed by atoms with Crippen LogP contribution in [-0.4, -0.2) is 37.2 Å². The van der Waals surface area contributed by atoms with Gasteiger partial charge in [-0.1, -0.05) is 328 Å². The van der Waals surface area contributed by atoms with Gasteiger partial charge in [-0.3, -0.25) is 14.4 Å². The molecule has 0 aliphatic rings. The Morgan fingerprint density at radius 1 is 0.260 bits per heavy atom. The van der Waals surface area contributed by atoms with E-state index in [0.717, 1.165) is 70.6 Å². The summed E-state index contributed by atoms with van der Waals surface area (Å²) in [6.45, 7) is 6.61. The van der Waals surface area contributed by atoms with Gasteiger partial charge in [-0.15, -0.1) is 0 Å². The molecule has 0 aliphatic heterocycles. The Morgan fingerprint density at radius 3 is 0.685 bits per heavy atom. The third-order valence-corrected chi connectivity index (χ3v) is 15.3. The number of ether oxygens (including phenoxy) is 3. The van der Waals surface area contributed by atoms with Crippen LogP contribution in [0.3, 0.4) is 0 Å².